The van der Waals surface area contributed by atoms with Crippen molar-refractivity contribution in [3.8, 4) is 5.75 Å². The number of urea groups is 1. The third-order valence-corrected chi connectivity index (χ3v) is 5.27. The van der Waals surface area contributed by atoms with Gasteiger partial charge in [0.25, 0.3) is 5.91 Å². The molecule has 2 aromatic rings. The number of nitrogens with one attached hydrogen (secondary N) is 2. The summed E-state index contributed by atoms with van der Waals surface area (Å²) in [6.45, 7) is 1.34. The first-order chi connectivity index (χ1) is 13.8. The molecule has 1 atom stereocenters. The zero-order valence-electron chi connectivity index (χ0n) is 15.8. The number of hydrogen-bond acceptors (Lipinski definition) is 4. The van der Waals surface area contributed by atoms with Gasteiger partial charge in [-0.3, -0.25) is 14.5 Å². The van der Waals surface area contributed by atoms with E-state index in [2.05, 4.69) is 10.6 Å². The fourth-order valence-corrected chi connectivity index (χ4v) is 3.55. The van der Waals surface area contributed by atoms with E-state index in [1.807, 2.05) is 0 Å². The fourth-order valence-electron chi connectivity index (χ4n) is 3.25. The second-order valence-corrected chi connectivity index (χ2v) is 7.35. The number of amides is 4. The predicted molar refractivity (Wildman–Crippen MR) is 110 cm³/mol. The molecule has 1 saturated heterocycles. The van der Waals surface area contributed by atoms with E-state index in [9.17, 15) is 14.4 Å². The Hall–Kier alpha value is -2.77. The van der Waals surface area contributed by atoms with Crippen LogP contribution in [-0.2, 0) is 15.1 Å². The van der Waals surface area contributed by atoms with Crippen LogP contribution in [0, 0.1) is 0 Å². The van der Waals surface area contributed by atoms with Crippen LogP contribution >= 0.6 is 23.2 Å². The van der Waals surface area contributed by atoms with Gasteiger partial charge < -0.3 is 15.4 Å². The second-order valence-electron chi connectivity index (χ2n) is 6.48. The van der Waals surface area contributed by atoms with Crippen LogP contribution in [0.15, 0.2) is 42.5 Å². The molecule has 1 fully saturated rings. The molecule has 0 unspecified atom stereocenters. The molecule has 3 rings (SSSR count). The van der Waals surface area contributed by atoms with Crippen molar-refractivity contribution in [3.05, 3.63) is 58.1 Å². The van der Waals surface area contributed by atoms with Crippen molar-refractivity contribution in [2.45, 2.75) is 18.9 Å². The number of methoxy groups -OCH3 is 1. The molecule has 4 amide bonds. The zero-order valence-corrected chi connectivity index (χ0v) is 17.3. The van der Waals surface area contributed by atoms with E-state index in [0.717, 1.165) is 4.90 Å². The monoisotopic (exact) mass is 435 g/mol. The Morgan fingerprint density at radius 2 is 1.79 bits per heavy atom. The lowest BCUT2D eigenvalue weighted by molar-refractivity contribution is -0.134. The largest absolute Gasteiger partial charge is 0.495 e. The van der Waals surface area contributed by atoms with Crippen LogP contribution in [0.25, 0.3) is 0 Å². The number of carbonyl (C=O) groups is 3. The van der Waals surface area contributed by atoms with E-state index < -0.39 is 29.9 Å². The summed E-state index contributed by atoms with van der Waals surface area (Å²) in [6.07, 6.45) is 0.319. The summed E-state index contributed by atoms with van der Waals surface area (Å²) in [7, 11) is 1.46. The standard InChI is InChI=1S/C20H19Cl2N3O4/c1-3-20(12-4-6-13(21)7-5-12)18(27)25(19(28)24-20)11-17(26)23-15-10-14(22)8-9-16(15)29-2/h4-10H,3,11H2,1-2H3,(H,23,26)(H,24,28)/t20-/m1/s1. The van der Waals surface area contributed by atoms with Gasteiger partial charge in [0.1, 0.15) is 17.8 Å². The van der Waals surface area contributed by atoms with Crippen LogP contribution in [0.1, 0.15) is 18.9 Å². The Morgan fingerprint density at radius 1 is 1.14 bits per heavy atom. The average Bonchev–Trinajstić information content (AvgIpc) is 2.94. The molecule has 1 aliphatic rings. The number of imide groups is 1. The highest BCUT2D eigenvalue weighted by Crippen LogP contribution is 2.33. The van der Waals surface area contributed by atoms with Crippen LogP contribution in [0.4, 0.5) is 10.5 Å². The van der Waals surface area contributed by atoms with Crippen LogP contribution < -0.4 is 15.4 Å². The molecule has 7 nitrogen and oxygen atoms in total. The molecule has 0 radical (unpaired) electrons. The highest BCUT2D eigenvalue weighted by molar-refractivity contribution is 6.31. The second kappa shape index (κ2) is 8.31. The summed E-state index contributed by atoms with van der Waals surface area (Å²) in [6, 6.07) is 10.8. The van der Waals surface area contributed by atoms with Crippen molar-refractivity contribution >= 4 is 46.7 Å². The molecule has 2 aromatic carbocycles. The van der Waals surface area contributed by atoms with Crippen LogP contribution in [0.2, 0.25) is 10.0 Å². The summed E-state index contributed by atoms with van der Waals surface area (Å²) in [5.74, 6) is -0.651. The van der Waals surface area contributed by atoms with E-state index >= 15 is 0 Å². The number of nitrogens with zero attached hydrogens (tertiary/aromatic N) is 1. The summed E-state index contributed by atoms with van der Waals surface area (Å²) in [5, 5.41) is 6.27. The summed E-state index contributed by atoms with van der Waals surface area (Å²) in [4.78, 5) is 39.0. The molecule has 0 bridgehead atoms. The minimum absolute atomic E-state index is 0.319. The van der Waals surface area contributed by atoms with Gasteiger partial charge in [-0.15, -0.1) is 0 Å². The maximum atomic E-state index is 13.1. The average molecular weight is 436 g/mol. The van der Waals surface area contributed by atoms with Gasteiger partial charge in [0, 0.05) is 10.0 Å². The first-order valence-electron chi connectivity index (χ1n) is 8.84. The topological polar surface area (TPSA) is 87.7 Å². The van der Waals surface area contributed by atoms with E-state index in [1.54, 1.807) is 43.3 Å². The minimum atomic E-state index is -1.24. The smallest absolute Gasteiger partial charge is 0.325 e. The van der Waals surface area contributed by atoms with Gasteiger partial charge >= 0.3 is 6.03 Å². The van der Waals surface area contributed by atoms with Crippen molar-refractivity contribution in [2.75, 3.05) is 19.0 Å². The number of hydrogen-bond donors (Lipinski definition) is 2. The molecule has 0 saturated carbocycles. The molecule has 2 N–H and O–H groups in total. The molecule has 152 valence electrons. The summed E-state index contributed by atoms with van der Waals surface area (Å²) >= 11 is 11.9. The maximum absolute atomic E-state index is 13.1. The lowest BCUT2D eigenvalue weighted by Gasteiger charge is -2.25. The van der Waals surface area contributed by atoms with Crippen LogP contribution in [-0.4, -0.2) is 36.4 Å². The quantitative estimate of drug-likeness (QED) is 0.675. The van der Waals surface area contributed by atoms with Gasteiger partial charge in [-0.05, 0) is 42.3 Å². The lowest BCUT2D eigenvalue weighted by Crippen LogP contribution is -2.44. The summed E-state index contributed by atoms with van der Waals surface area (Å²) < 4.78 is 5.19. The predicted octanol–water partition coefficient (Wildman–Crippen LogP) is 3.80. The van der Waals surface area contributed by atoms with Crippen LogP contribution in [0.5, 0.6) is 5.75 Å². The fraction of sp³-hybridized carbons (Fsp3) is 0.250. The Morgan fingerprint density at radius 3 is 2.41 bits per heavy atom. The number of ether oxygens (including phenoxy) is 1. The van der Waals surface area contributed by atoms with Gasteiger partial charge in [0.15, 0.2) is 0 Å². The number of anilines is 1. The maximum Gasteiger partial charge on any atom is 0.325 e. The SMILES string of the molecule is CC[C@]1(c2ccc(Cl)cc2)NC(=O)N(CC(=O)Nc2cc(Cl)ccc2OC)C1=O. The van der Waals surface area contributed by atoms with E-state index in [4.69, 9.17) is 27.9 Å². The normalized spacial score (nSPS) is 18.6. The number of benzene rings is 2. The van der Waals surface area contributed by atoms with Gasteiger partial charge in [0.2, 0.25) is 5.91 Å². The molecule has 1 heterocycles. The number of rotatable bonds is 6. The Bertz CT molecular complexity index is 965. The highest BCUT2D eigenvalue weighted by Gasteiger charge is 2.51. The molecule has 29 heavy (non-hydrogen) atoms. The molecule has 0 spiro atoms. The molecule has 0 aromatic heterocycles. The van der Waals surface area contributed by atoms with Crippen molar-refractivity contribution in [2.24, 2.45) is 0 Å². The van der Waals surface area contributed by atoms with Crippen molar-refractivity contribution in [3.63, 3.8) is 0 Å². The Kier molecular flexibility index (Phi) is 6.00. The third kappa shape index (κ3) is 4.02. The highest BCUT2D eigenvalue weighted by atomic mass is 35.5. The molecular weight excluding hydrogens is 417 g/mol. The molecule has 0 aliphatic carbocycles. The Balaban J connectivity index is 1.80. The van der Waals surface area contributed by atoms with Crippen molar-refractivity contribution < 1.29 is 19.1 Å². The van der Waals surface area contributed by atoms with Crippen molar-refractivity contribution in [1.82, 2.24) is 10.2 Å². The minimum Gasteiger partial charge on any atom is -0.495 e. The lowest BCUT2D eigenvalue weighted by atomic mass is 9.87. The van der Waals surface area contributed by atoms with Gasteiger partial charge in [0.05, 0.1) is 12.8 Å². The Labute approximate surface area is 177 Å². The first kappa shape index (κ1) is 21.0. The molecular formula is C20H19Cl2N3O4. The number of halogens is 2. The molecule has 9 heteroatoms. The van der Waals surface area contributed by atoms with Gasteiger partial charge in [-0.25, -0.2) is 4.79 Å². The zero-order chi connectivity index (χ0) is 21.2. The van der Waals surface area contributed by atoms with Gasteiger partial charge in [-0.1, -0.05) is 42.3 Å². The van der Waals surface area contributed by atoms with E-state index in [-0.39, 0.29) is 0 Å². The van der Waals surface area contributed by atoms with Crippen LogP contribution in [0.3, 0.4) is 0 Å². The third-order valence-electron chi connectivity index (χ3n) is 4.78. The summed E-state index contributed by atoms with van der Waals surface area (Å²) in [5.41, 5.74) is -0.297. The first-order valence-corrected chi connectivity index (χ1v) is 9.60. The van der Waals surface area contributed by atoms with Crippen molar-refractivity contribution in [1.29, 1.82) is 0 Å². The number of carbonyl (C=O) groups excluding carboxylic acids is 3. The van der Waals surface area contributed by atoms with E-state index in [1.165, 1.54) is 13.2 Å². The molecule has 1 aliphatic heterocycles. The van der Waals surface area contributed by atoms with E-state index in [0.29, 0.717) is 33.5 Å². The van der Waals surface area contributed by atoms with Gasteiger partial charge in [-0.2, -0.15) is 0 Å².